The predicted octanol–water partition coefficient (Wildman–Crippen LogP) is 2.79. The van der Waals surface area contributed by atoms with Crippen molar-refractivity contribution in [1.82, 2.24) is 9.97 Å². The normalized spacial score (nSPS) is 17.6. The molecule has 0 aliphatic heterocycles. The Morgan fingerprint density at radius 1 is 1.19 bits per heavy atom. The summed E-state index contributed by atoms with van der Waals surface area (Å²) < 4.78 is 0. The van der Waals surface area contributed by atoms with Gasteiger partial charge in [-0.2, -0.15) is 0 Å². The molecule has 0 unspecified atom stereocenters. The van der Waals surface area contributed by atoms with Gasteiger partial charge in [-0.05, 0) is 18.9 Å². The lowest BCUT2D eigenvalue weighted by molar-refractivity contribution is 0.572. The zero-order valence-corrected chi connectivity index (χ0v) is 10.4. The smallest absolute Gasteiger partial charge is 0.142 e. The van der Waals surface area contributed by atoms with Gasteiger partial charge in [0.05, 0.1) is 6.54 Å². The zero-order chi connectivity index (χ0) is 10.5. The van der Waals surface area contributed by atoms with Crippen LogP contribution in [-0.2, 0) is 6.54 Å². The first kappa shape index (κ1) is 13.4. The molecule has 1 aromatic rings. The van der Waals surface area contributed by atoms with Gasteiger partial charge in [-0.15, -0.1) is 12.4 Å². The minimum atomic E-state index is 0. The van der Waals surface area contributed by atoms with E-state index in [2.05, 4.69) is 16.0 Å². The van der Waals surface area contributed by atoms with Crippen molar-refractivity contribution < 1.29 is 0 Å². The van der Waals surface area contributed by atoms with Crippen LogP contribution in [0.1, 0.15) is 56.0 Å². The van der Waals surface area contributed by atoms with E-state index in [1.54, 1.807) is 0 Å². The van der Waals surface area contributed by atoms with Crippen LogP contribution in [0.2, 0.25) is 0 Å². The van der Waals surface area contributed by atoms with Crippen LogP contribution in [0.4, 0.5) is 0 Å². The van der Waals surface area contributed by atoms with Crippen LogP contribution in [0.15, 0.2) is 12.3 Å². The van der Waals surface area contributed by atoms with E-state index in [0.717, 1.165) is 5.82 Å². The van der Waals surface area contributed by atoms with E-state index in [0.29, 0.717) is 12.5 Å². The Balaban J connectivity index is 0.00000128. The second-order valence-electron chi connectivity index (χ2n) is 4.29. The molecule has 4 heteroatoms. The number of halogens is 1. The molecule has 1 saturated carbocycles. The van der Waals surface area contributed by atoms with Gasteiger partial charge in [0, 0.05) is 17.8 Å². The monoisotopic (exact) mass is 241 g/mol. The summed E-state index contributed by atoms with van der Waals surface area (Å²) >= 11 is 0. The summed E-state index contributed by atoms with van der Waals surface area (Å²) in [6.45, 7) is 0.445. The molecule has 2 N–H and O–H groups in total. The van der Waals surface area contributed by atoms with Crippen LogP contribution in [0.3, 0.4) is 0 Å². The molecular weight excluding hydrogens is 222 g/mol. The molecule has 0 atom stereocenters. The maximum atomic E-state index is 5.55. The second kappa shape index (κ2) is 6.81. The average molecular weight is 242 g/mol. The van der Waals surface area contributed by atoms with Crippen LogP contribution in [0.25, 0.3) is 0 Å². The maximum absolute atomic E-state index is 5.55. The summed E-state index contributed by atoms with van der Waals surface area (Å²) in [7, 11) is 0. The number of aromatic nitrogens is 2. The Morgan fingerprint density at radius 2 is 1.88 bits per heavy atom. The molecule has 0 radical (unpaired) electrons. The number of rotatable bonds is 2. The molecule has 1 heterocycles. The number of nitrogens with two attached hydrogens (primary N) is 1. The summed E-state index contributed by atoms with van der Waals surface area (Å²) in [5.41, 5.74) is 6.76. The van der Waals surface area contributed by atoms with E-state index in [4.69, 9.17) is 5.73 Å². The Hall–Kier alpha value is -0.670. The minimum absolute atomic E-state index is 0. The van der Waals surface area contributed by atoms with Gasteiger partial charge in [-0.1, -0.05) is 25.7 Å². The van der Waals surface area contributed by atoms with E-state index in [-0.39, 0.29) is 12.4 Å². The van der Waals surface area contributed by atoms with Crippen LogP contribution >= 0.6 is 12.4 Å². The van der Waals surface area contributed by atoms with Gasteiger partial charge in [0.1, 0.15) is 5.82 Å². The van der Waals surface area contributed by atoms with Crippen LogP contribution in [-0.4, -0.2) is 9.97 Å². The second-order valence-corrected chi connectivity index (χ2v) is 4.29. The van der Waals surface area contributed by atoms with Gasteiger partial charge in [0.2, 0.25) is 0 Å². The summed E-state index contributed by atoms with van der Waals surface area (Å²) in [6.07, 6.45) is 9.84. The fourth-order valence-electron chi connectivity index (χ4n) is 2.32. The number of hydrogen-bond acceptors (Lipinski definition) is 3. The SMILES string of the molecule is Cl.NCc1nccc(C2CCCCCC2)n1. The van der Waals surface area contributed by atoms with Crippen molar-refractivity contribution in [2.24, 2.45) is 5.73 Å². The number of nitrogens with zero attached hydrogens (tertiary/aromatic N) is 2. The minimum Gasteiger partial charge on any atom is -0.324 e. The van der Waals surface area contributed by atoms with Crippen molar-refractivity contribution in [1.29, 1.82) is 0 Å². The lowest BCUT2D eigenvalue weighted by Gasteiger charge is -2.13. The van der Waals surface area contributed by atoms with E-state index in [1.807, 2.05) is 6.20 Å². The van der Waals surface area contributed by atoms with E-state index < -0.39 is 0 Å². The Morgan fingerprint density at radius 3 is 2.50 bits per heavy atom. The van der Waals surface area contributed by atoms with Gasteiger partial charge >= 0.3 is 0 Å². The van der Waals surface area contributed by atoms with E-state index in [1.165, 1.54) is 44.2 Å². The fraction of sp³-hybridized carbons (Fsp3) is 0.667. The highest BCUT2D eigenvalue weighted by atomic mass is 35.5. The molecule has 2 rings (SSSR count). The zero-order valence-electron chi connectivity index (χ0n) is 9.56. The lowest BCUT2D eigenvalue weighted by Crippen LogP contribution is -2.07. The highest BCUT2D eigenvalue weighted by molar-refractivity contribution is 5.85. The largest absolute Gasteiger partial charge is 0.324 e. The quantitative estimate of drug-likeness (QED) is 0.811. The Labute approximate surface area is 103 Å². The molecule has 0 spiro atoms. The Bertz CT molecular complexity index is 309. The van der Waals surface area contributed by atoms with Crippen LogP contribution in [0, 0.1) is 0 Å². The van der Waals surface area contributed by atoms with E-state index >= 15 is 0 Å². The summed E-state index contributed by atoms with van der Waals surface area (Å²) in [5.74, 6) is 1.41. The van der Waals surface area contributed by atoms with E-state index in [9.17, 15) is 0 Å². The average Bonchev–Trinajstić information content (AvgIpc) is 2.58. The first-order valence-corrected chi connectivity index (χ1v) is 5.92. The topological polar surface area (TPSA) is 51.8 Å². The molecule has 90 valence electrons. The number of hydrogen-bond donors (Lipinski definition) is 1. The van der Waals surface area contributed by atoms with Gasteiger partial charge in [-0.25, -0.2) is 9.97 Å². The van der Waals surface area contributed by atoms with Crippen molar-refractivity contribution in [2.75, 3.05) is 0 Å². The van der Waals surface area contributed by atoms with Crippen molar-refractivity contribution in [2.45, 2.75) is 51.0 Å². The molecule has 0 aromatic carbocycles. The lowest BCUT2D eigenvalue weighted by atomic mass is 9.96. The molecule has 0 saturated heterocycles. The first-order valence-electron chi connectivity index (χ1n) is 5.92. The molecule has 1 fully saturated rings. The van der Waals surface area contributed by atoms with Crippen molar-refractivity contribution in [3.05, 3.63) is 23.8 Å². The standard InChI is InChI=1S/C12H19N3.ClH/c13-9-12-14-8-7-11(15-12)10-5-3-1-2-4-6-10;/h7-8,10H,1-6,9,13H2;1H. The molecular formula is C12H20ClN3. The summed E-state index contributed by atoms with van der Waals surface area (Å²) in [4.78, 5) is 8.66. The van der Waals surface area contributed by atoms with Gasteiger partial charge < -0.3 is 5.73 Å². The summed E-state index contributed by atoms with van der Waals surface area (Å²) in [5, 5.41) is 0. The highest BCUT2D eigenvalue weighted by Gasteiger charge is 2.15. The fourth-order valence-corrected chi connectivity index (χ4v) is 2.32. The van der Waals surface area contributed by atoms with Gasteiger partial charge in [0.15, 0.2) is 0 Å². The Kier molecular flexibility index (Phi) is 5.71. The third-order valence-corrected chi connectivity index (χ3v) is 3.18. The van der Waals surface area contributed by atoms with Crippen molar-refractivity contribution in [3.63, 3.8) is 0 Å². The summed E-state index contributed by atoms with van der Waals surface area (Å²) in [6, 6.07) is 2.05. The maximum Gasteiger partial charge on any atom is 0.142 e. The molecule has 1 aromatic heterocycles. The molecule has 0 amide bonds. The third kappa shape index (κ3) is 3.42. The van der Waals surface area contributed by atoms with Crippen molar-refractivity contribution >= 4 is 12.4 Å². The van der Waals surface area contributed by atoms with Gasteiger partial charge in [-0.3, -0.25) is 0 Å². The molecule has 16 heavy (non-hydrogen) atoms. The third-order valence-electron chi connectivity index (χ3n) is 3.18. The molecule has 3 nitrogen and oxygen atoms in total. The van der Waals surface area contributed by atoms with Crippen molar-refractivity contribution in [3.8, 4) is 0 Å². The highest BCUT2D eigenvalue weighted by Crippen LogP contribution is 2.30. The van der Waals surface area contributed by atoms with Gasteiger partial charge in [0.25, 0.3) is 0 Å². The molecule has 0 bridgehead atoms. The molecule has 1 aliphatic rings. The molecule has 1 aliphatic carbocycles. The predicted molar refractivity (Wildman–Crippen MR) is 67.6 cm³/mol. The van der Waals surface area contributed by atoms with Crippen LogP contribution < -0.4 is 5.73 Å². The first-order chi connectivity index (χ1) is 7.40. The van der Waals surface area contributed by atoms with Crippen LogP contribution in [0.5, 0.6) is 0 Å².